The summed E-state index contributed by atoms with van der Waals surface area (Å²) in [6.45, 7) is 1.91. The van der Waals surface area contributed by atoms with Gasteiger partial charge in [0.2, 0.25) is 5.95 Å². The first-order chi connectivity index (χ1) is 9.19. The molecule has 2 rings (SSSR count). The van der Waals surface area contributed by atoms with Gasteiger partial charge in [-0.05, 0) is 24.8 Å². The summed E-state index contributed by atoms with van der Waals surface area (Å²) in [7, 11) is 0. The Balaban J connectivity index is 1.87. The number of ether oxygens (including phenoxy) is 1. The first-order valence-electron chi connectivity index (χ1n) is 6.29. The zero-order valence-electron chi connectivity index (χ0n) is 10.7. The largest absolute Gasteiger partial charge is 0.449 e. The van der Waals surface area contributed by atoms with Gasteiger partial charge in [-0.15, -0.1) is 0 Å². The number of hydrogen-bond acceptors (Lipinski definition) is 6. The smallest absolute Gasteiger partial charge is 0.404 e. The number of aliphatic hydroxyl groups is 1. The van der Waals surface area contributed by atoms with Crippen molar-refractivity contribution < 1.29 is 14.6 Å². The molecule has 0 aromatic carbocycles. The summed E-state index contributed by atoms with van der Waals surface area (Å²) in [4.78, 5) is 21.1. The first kappa shape index (κ1) is 13.5. The normalized spacial score (nSPS) is 16.4. The Bertz CT molecular complexity index is 433. The first-order valence-corrected chi connectivity index (χ1v) is 6.29. The maximum Gasteiger partial charge on any atom is 0.404 e. The number of aliphatic hydroxyl groups excluding tert-OH is 1. The van der Waals surface area contributed by atoms with Crippen LogP contribution in [0.4, 0.5) is 10.7 Å². The lowest BCUT2D eigenvalue weighted by Crippen LogP contribution is -2.36. The van der Waals surface area contributed by atoms with Gasteiger partial charge in [0, 0.05) is 19.3 Å². The van der Waals surface area contributed by atoms with Crippen molar-refractivity contribution in [1.29, 1.82) is 0 Å². The van der Waals surface area contributed by atoms with Crippen molar-refractivity contribution in [3.63, 3.8) is 0 Å². The van der Waals surface area contributed by atoms with Crippen molar-refractivity contribution in [3.8, 4) is 0 Å². The van der Waals surface area contributed by atoms with E-state index in [9.17, 15) is 4.79 Å². The third kappa shape index (κ3) is 3.78. The molecule has 1 saturated heterocycles. The quantitative estimate of drug-likeness (QED) is 0.811. The molecule has 0 unspecified atom stereocenters. The van der Waals surface area contributed by atoms with E-state index in [2.05, 4.69) is 14.9 Å². The number of carbonyl (C=O) groups is 1. The number of aromatic nitrogens is 2. The summed E-state index contributed by atoms with van der Waals surface area (Å²) >= 11 is 0. The molecule has 1 amide bonds. The summed E-state index contributed by atoms with van der Waals surface area (Å²) in [6.07, 6.45) is 2.73. The standard InChI is InChI=1S/C12H18N4O3/c13-11(18)19-8-9-2-5-16(6-3-9)12-14-4-1-10(7-17)15-12/h1,4,9,17H,2-3,5-8H2,(H2,13,18). The molecule has 1 aromatic rings. The molecule has 1 aromatic heterocycles. The van der Waals surface area contributed by atoms with E-state index >= 15 is 0 Å². The van der Waals surface area contributed by atoms with Crippen LogP contribution in [0.1, 0.15) is 18.5 Å². The van der Waals surface area contributed by atoms with Crippen LogP contribution in [0, 0.1) is 5.92 Å². The second-order valence-electron chi connectivity index (χ2n) is 4.57. The summed E-state index contributed by atoms with van der Waals surface area (Å²) in [5.74, 6) is 0.977. The minimum atomic E-state index is -0.721. The lowest BCUT2D eigenvalue weighted by atomic mass is 9.98. The van der Waals surface area contributed by atoms with E-state index in [1.807, 2.05) is 0 Å². The van der Waals surface area contributed by atoms with E-state index in [1.165, 1.54) is 0 Å². The van der Waals surface area contributed by atoms with E-state index in [0.717, 1.165) is 25.9 Å². The molecular formula is C12H18N4O3. The highest BCUT2D eigenvalue weighted by Crippen LogP contribution is 2.20. The van der Waals surface area contributed by atoms with Gasteiger partial charge in [0.25, 0.3) is 0 Å². The average molecular weight is 266 g/mol. The van der Waals surface area contributed by atoms with Gasteiger partial charge in [0.1, 0.15) is 0 Å². The number of primary amides is 1. The number of rotatable bonds is 4. The van der Waals surface area contributed by atoms with Crippen LogP contribution < -0.4 is 10.6 Å². The van der Waals surface area contributed by atoms with Gasteiger partial charge in [-0.3, -0.25) is 0 Å². The molecule has 7 heteroatoms. The van der Waals surface area contributed by atoms with Crippen molar-refractivity contribution in [2.24, 2.45) is 11.7 Å². The summed E-state index contributed by atoms with van der Waals surface area (Å²) in [5, 5.41) is 9.06. The van der Waals surface area contributed by atoms with E-state index in [4.69, 9.17) is 15.6 Å². The molecule has 7 nitrogen and oxygen atoms in total. The zero-order valence-corrected chi connectivity index (χ0v) is 10.7. The molecule has 19 heavy (non-hydrogen) atoms. The van der Waals surface area contributed by atoms with Crippen molar-refractivity contribution >= 4 is 12.0 Å². The van der Waals surface area contributed by atoms with Crippen molar-refractivity contribution in [3.05, 3.63) is 18.0 Å². The SMILES string of the molecule is NC(=O)OCC1CCN(c2nccc(CO)n2)CC1. The van der Waals surface area contributed by atoms with Gasteiger partial charge in [0.15, 0.2) is 0 Å². The second-order valence-corrected chi connectivity index (χ2v) is 4.57. The average Bonchev–Trinajstić information content (AvgIpc) is 2.45. The number of piperidine rings is 1. The topological polar surface area (TPSA) is 102 Å². The van der Waals surface area contributed by atoms with Gasteiger partial charge in [-0.2, -0.15) is 0 Å². The van der Waals surface area contributed by atoms with Gasteiger partial charge < -0.3 is 20.5 Å². The van der Waals surface area contributed by atoms with Crippen molar-refractivity contribution in [1.82, 2.24) is 9.97 Å². The van der Waals surface area contributed by atoms with Crippen LogP contribution in [-0.4, -0.2) is 40.9 Å². The molecular weight excluding hydrogens is 248 g/mol. The van der Waals surface area contributed by atoms with Gasteiger partial charge in [0.05, 0.1) is 18.9 Å². The van der Waals surface area contributed by atoms with Crippen LogP contribution >= 0.6 is 0 Å². The minimum Gasteiger partial charge on any atom is -0.449 e. The predicted molar refractivity (Wildman–Crippen MR) is 68.4 cm³/mol. The fourth-order valence-electron chi connectivity index (χ4n) is 2.12. The number of hydrogen-bond donors (Lipinski definition) is 2. The van der Waals surface area contributed by atoms with E-state index < -0.39 is 6.09 Å². The highest BCUT2D eigenvalue weighted by molar-refractivity contribution is 5.64. The number of nitrogens with two attached hydrogens (primary N) is 1. The third-order valence-corrected chi connectivity index (χ3v) is 3.22. The Hall–Kier alpha value is -1.89. The summed E-state index contributed by atoms with van der Waals surface area (Å²) in [5.41, 5.74) is 5.56. The van der Waals surface area contributed by atoms with Crippen LogP contribution in [0.5, 0.6) is 0 Å². The van der Waals surface area contributed by atoms with Gasteiger partial charge in [-0.1, -0.05) is 0 Å². The number of amides is 1. The fourth-order valence-corrected chi connectivity index (χ4v) is 2.12. The molecule has 1 fully saturated rings. The summed E-state index contributed by atoms with van der Waals surface area (Å²) < 4.78 is 4.81. The van der Waals surface area contributed by atoms with Crippen LogP contribution in [0.2, 0.25) is 0 Å². The highest BCUT2D eigenvalue weighted by atomic mass is 16.5. The van der Waals surface area contributed by atoms with E-state index in [-0.39, 0.29) is 6.61 Å². The van der Waals surface area contributed by atoms with Gasteiger partial charge >= 0.3 is 6.09 Å². The van der Waals surface area contributed by atoms with Gasteiger partial charge in [-0.25, -0.2) is 14.8 Å². The minimum absolute atomic E-state index is 0.0849. The molecule has 0 bridgehead atoms. The second kappa shape index (κ2) is 6.33. The van der Waals surface area contributed by atoms with Crippen LogP contribution in [0.25, 0.3) is 0 Å². The lowest BCUT2D eigenvalue weighted by molar-refractivity contribution is 0.129. The third-order valence-electron chi connectivity index (χ3n) is 3.22. The maximum absolute atomic E-state index is 10.5. The molecule has 0 aliphatic carbocycles. The number of anilines is 1. The Kier molecular flexibility index (Phi) is 4.51. The molecule has 1 aliphatic heterocycles. The molecule has 0 atom stereocenters. The molecule has 0 spiro atoms. The number of carbonyl (C=O) groups excluding carboxylic acids is 1. The zero-order chi connectivity index (χ0) is 13.7. The van der Waals surface area contributed by atoms with E-state index in [1.54, 1.807) is 12.3 Å². The monoisotopic (exact) mass is 266 g/mol. The molecule has 3 N–H and O–H groups in total. The molecule has 2 heterocycles. The van der Waals surface area contributed by atoms with Crippen LogP contribution in [0.15, 0.2) is 12.3 Å². The number of nitrogens with zero attached hydrogens (tertiary/aromatic N) is 3. The lowest BCUT2D eigenvalue weighted by Gasteiger charge is -2.31. The molecule has 104 valence electrons. The fraction of sp³-hybridized carbons (Fsp3) is 0.583. The maximum atomic E-state index is 10.5. The Morgan fingerprint density at radius 1 is 1.53 bits per heavy atom. The molecule has 0 saturated carbocycles. The Labute approximate surface area is 111 Å². The van der Waals surface area contributed by atoms with Crippen molar-refractivity contribution in [2.75, 3.05) is 24.6 Å². The molecule has 0 radical (unpaired) electrons. The van der Waals surface area contributed by atoms with Crippen molar-refractivity contribution in [2.45, 2.75) is 19.4 Å². The Morgan fingerprint density at radius 3 is 2.89 bits per heavy atom. The summed E-state index contributed by atoms with van der Waals surface area (Å²) in [6, 6.07) is 1.69. The molecule has 1 aliphatic rings. The highest BCUT2D eigenvalue weighted by Gasteiger charge is 2.21. The van der Waals surface area contributed by atoms with Crippen LogP contribution in [-0.2, 0) is 11.3 Å². The van der Waals surface area contributed by atoms with E-state index in [0.29, 0.717) is 24.2 Å². The predicted octanol–water partition coefficient (Wildman–Crippen LogP) is 0.281. The van der Waals surface area contributed by atoms with Crippen LogP contribution in [0.3, 0.4) is 0 Å². The Morgan fingerprint density at radius 2 is 2.26 bits per heavy atom.